The normalized spacial score (nSPS) is 17.0. The lowest BCUT2D eigenvalue weighted by molar-refractivity contribution is 0.137. The summed E-state index contributed by atoms with van der Waals surface area (Å²) in [6.45, 7) is 3.02. The Morgan fingerprint density at radius 3 is 3.09 bits per heavy atom. The summed E-state index contributed by atoms with van der Waals surface area (Å²) in [6.07, 6.45) is 1.09. The predicted octanol–water partition coefficient (Wildman–Crippen LogP) is -0.00130. The van der Waals surface area contributed by atoms with Crippen LogP contribution in [0.3, 0.4) is 0 Å². The summed E-state index contributed by atoms with van der Waals surface area (Å²) in [5, 5.41) is 3.05. The summed E-state index contributed by atoms with van der Waals surface area (Å²) in [5.74, 6) is 0. The molecule has 1 heterocycles. The fourth-order valence-electron chi connectivity index (χ4n) is 0.829. The van der Waals surface area contributed by atoms with Gasteiger partial charge in [0.1, 0.15) is 6.61 Å². The summed E-state index contributed by atoms with van der Waals surface area (Å²) in [5.41, 5.74) is 0. The van der Waals surface area contributed by atoms with Crippen molar-refractivity contribution in [3.8, 4) is 0 Å². The standard InChI is InChI=1S/C7H14N2O2/c1-10-5-6-11-7-8-3-2-4-9-7/h2-6H2,1H3,(H,8,9). The molecule has 0 radical (unpaired) electrons. The number of ether oxygens (including phenoxy) is 2. The maximum Gasteiger partial charge on any atom is 0.284 e. The van der Waals surface area contributed by atoms with Gasteiger partial charge in [-0.1, -0.05) is 0 Å². The Morgan fingerprint density at radius 2 is 2.45 bits per heavy atom. The Balaban J connectivity index is 2.09. The maximum absolute atomic E-state index is 5.24. The van der Waals surface area contributed by atoms with Gasteiger partial charge >= 0.3 is 0 Å². The average molecular weight is 158 g/mol. The van der Waals surface area contributed by atoms with Crippen LogP contribution in [0.4, 0.5) is 0 Å². The van der Waals surface area contributed by atoms with Crippen molar-refractivity contribution < 1.29 is 9.47 Å². The summed E-state index contributed by atoms with van der Waals surface area (Å²) >= 11 is 0. The highest BCUT2D eigenvalue weighted by Crippen LogP contribution is 1.90. The second kappa shape index (κ2) is 4.96. The highest BCUT2D eigenvalue weighted by atomic mass is 16.5. The van der Waals surface area contributed by atoms with E-state index in [1.807, 2.05) is 0 Å². The molecule has 0 amide bonds. The lowest BCUT2D eigenvalue weighted by Gasteiger charge is -2.14. The Kier molecular flexibility index (Phi) is 3.75. The third-order valence-electron chi connectivity index (χ3n) is 1.39. The van der Waals surface area contributed by atoms with Crippen LogP contribution in [0.5, 0.6) is 0 Å². The molecule has 11 heavy (non-hydrogen) atoms. The second-order valence-electron chi connectivity index (χ2n) is 2.31. The number of aliphatic imine (C=N–C) groups is 1. The first-order chi connectivity index (χ1) is 5.43. The molecule has 4 nitrogen and oxygen atoms in total. The summed E-state index contributed by atoms with van der Waals surface area (Å²) < 4.78 is 10.1. The van der Waals surface area contributed by atoms with Gasteiger partial charge in [-0.3, -0.25) is 0 Å². The van der Waals surface area contributed by atoms with Gasteiger partial charge in [0.05, 0.1) is 6.61 Å². The number of hydrogen-bond acceptors (Lipinski definition) is 4. The van der Waals surface area contributed by atoms with Crippen LogP contribution in [0, 0.1) is 0 Å². The second-order valence-corrected chi connectivity index (χ2v) is 2.31. The fourth-order valence-corrected chi connectivity index (χ4v) is 0.829. The highest BCUT2D eigenvalue weighted by molar-refractivity contribution is 5.74. The summed E-state index contributed by atoms with van der Waals surface area (Å²) in [6, 6.07) is 0.660. The predicted molar refractivity (Wildman–Crippen MR) is 42.7 cm³/mol. The maximum atomic E-state index is 5.24. The molecule has 0 aromatic rings. The quantitative estimate of drug-likeness (QED) is 0.588. The van der Waals surface area contributed by atoms with Crippen LogP contribution in [-0.2, 0) is 9.47 Å². The Bertz CT molecular complexity index is 136. The third-order valence-corrected chi connectivity index (χ3v) is 1.39. The molecule has 0 unspecified atom stereocenters. The number of amidine groups is 1. The molecule has 0 bridgehead atoms. The molecule has 0 aliphatic carbocycles. The van der Waals surface area contributed by atoms with E-state index in [0.29, 0.717) is 19.2 Å². The van der Waals surface area contributed by atoms with E-state index in [-0.39, 0.29) is 0 Å². The van der Waals surface area contributed by atoms with Crippen LogP contribution in [0.2, 0.25) is 0 Å². The van der Waals surface area contributed by atoms with E-state index in [4.69, 9.17) is 9.47 Å². The molecule has 0 atom stereocenters. The van der Waals surface area contributed by atoms with E-state index in [2.05, 4.69) is 10.3 Å². The molecule has 1 aliphatic heterocycles. The topological polar surface area (TPSA) is 42.9 Å². The van der Waals surface area contributed by atoms with Crippen LogP contribution in [0.15, 0.2) is 4.99 Å². The first kappa shape index (κ1) is 8.33. The molecule has 64 valence electrons. The fraction of sp³-hybridized carbons (Fsp3) is 0.857. The van der Waals surface area contributed by atoms with E-state index >= 15 is 0 Å². The van der Waals surface area contributed by atoms with Gasteiger partial charge in [-0.05, 0) is 6.42 Å². The van der Waals surface area contributed by atoms with E-state index < -0.39 is 0 Å². The van der Waals surface area contributed by atoms with E-state index in [1.165, 1.54) is 0 Å². The Hall–Kier alpha value is -0.770. The minimum atomic E-state index is 0.572. The molecule has 1 aliphatic rings. The molecule has 1 N–H and O–H groups in total. The van der Waals surface area contributed by atoms with Gasteiger partial charge in [0, 0.05) is 20.2 Å². The van der Waals surface area contributed by atoms with Crippen LogP contribution in [0.25, 0.3) is 0 Å². The van der Waals surface area contributed by atoms with Gasteiger partial charge in [0.25, 0.3) is 6.02 Å². The van der Waals surface area contributed by atoms with E-state index in [9.17, 15) is 0 Å². The van der Waals surface area contributed by atoms with Crippen molar-refractivity contribution in [1.29, 1.82) is 0 Å². The van der Waals surface area contributed by atoms with Gasteiger partial charge in [-0.15, -0.1) is 0 Å². The number of methoxy groups -OCH3 is 1. The minimum absolute atomic E-state index is 0.572. The average Bonchev–Trinajstić information content (AvgIpc) is 2.07. The molecule has 0 fully saturated rings. The third kappa shape index (κ3) is 3.23. The zero-order chi connectivity index (χ0) is 7.94. The van der Waals surface area contributed by atoms with Gasteiger partial charge in [-0.2, -0.15) is 0 Å². The minimum Gasteiger partial charge on any atom is -0.463 e. The molecule has 0 saturated carbocycles. The molecule has 4 heteroatoms. The van der Waals surface area contributed by atoms with Crippen molar-refractivity contribution >= 4 is 6.02 Å². The Morgan fingerprint density at radius 1 is 1.55 bits per heavy atom. The zero-order valence-electron chi connectivity index (χ0n) is 6.80. The first-order valence-corrected chi connectivity index (χ1v) is 3.83. The highest BCUT2D eigenvalue weighted by Gasteiger charge is 2.02. The first-order valence-electron chi connectivity index (χ1n) is 3.83. The molecule has 1 rings (SSSR count). The lowest BCUT2D eigenvalue weighted by atomic mass is 10.4. The Labute approximate surface area is 66.6 Å². The van der Waals surface area contributed by atoms with Crippen molar-refractivity contribution in [1.82, 2.24) is 5.32 Å². The monoisotopic (exact) mass is 158 g/mol. The number of hydrogen-bond donors (Lipinski definition) is 1. The van der Waals surface area contributed by atoms with E-state index in [1.54, 1.807) is 7.11 Å². The largest absolute Gasteiger partial charge is 0.463 e. The van der Waals surface area contributed by atoms with Crippen molar-refractivity contribution in [3.63, 3.8) is 0 Å². The number of rotatable bonds is 3. The molecule has 0 saturated heterocycles. The van der Waals surface area contributed by atoms with Gasteiger partial charge in [0.2, 0.25) is 0 Å². The van der Waals surface area contributed by atoms with Gasteiger partial charge < -0.3 is 14.8 Å². The number of nitrogens with zero attached hydrogens (tertiary/aromatic N) is 1. The van der Waals surface area contributed by atoms with Crippen LogP contribution in [0.1, 0.15) is 6.42 Å². The summed E-state index contributed by atoms with van der Waals surface area (Å²) in [4.78, 5) is 4.13. The van der Waals surface area contributed by atoms with Gasteiger partial charge in [0.15, 0.2) is 0 Å². The molecule has 0 aromatic carbocycles. The molecule has 0 aromatic heterocycles. The smallest absolute Gasteiger partial charge is 0.284 e. The molecule has 0 spiro atoms. The van der Waals surface area contributed by atoms with Crippen molar-refractivity contribution in [3.05, 3.63) is 0 Å². The zero-order valence-corrected chi connectivity index (χ0v) is 6.80. The molecular formula is C7H14N2O2. The van der Waals surface area contributed by atoms with E-state index in [0.717, 1.165) is 19.5 Å². The SMILES string of the molecule is COCCOC1=NCCCN1. The van der Waals surface area contributed by atoms with Crippen LogP contribution >= 0.6 is 0 Å². The number of nitrogens with one attached hydrogen (secondary N) is 1. The summed E-state index contributed by atoms with van der Waals surface area (Å²) in [7, 11) is 1.65. The van der Waals surface area contributed by atoms with Crippen LogP contribution in [-0.4, -0.2) is 39.4 Å². The van der Waals surface area contributed by atoms with Gasteiger partial charge in [-0.25, -0.2) is 4.99 Å². The van der Waals surface area contributed by atoms with Crippen molar-refractivity contribution in [2.45, 2.75) is 6.42 Å². The lowest BCUT2D eigenvalue weighted by Crippen LogP contribution is -2.32. The van der Waals surface area contributed by atoms with Crippen molar-refractivity contribution in [2.75, 3.05) is 33.4 Å². The van der Waals surface area contributed by atoms with Crippen LogP contribution < -0.4 is 5.32 Å². The molecular weight excluding hydrogens is 144 g/mol. The van der Waals surface area contributed by atoms with Crippen molar-refractivity contribution in [2.24, 2.45) is 4.99 Å².